The van der Waals surface area contributed by atoms with Crippen molar-refractivity contribution in [3.05, 3.63) is 115 Å². The molecule has 0 fully saturated rings. The van der Waals surface area contributed by atoms with E-state index in [1.807, 2.05) is 42.5 Å². The third-order valence-electron chi connectivity index (χ3n) is 2.20. The molecule has 0 unspecified atom stereocenters. The summed E-state index contributed by atoms with van der Waals surface area (Å²) in [6.45, 7) is 12.7. The number of allylic oxidation sites excluding steroid dienone is 8. The van der Waals surface area contributed by atoms with Crippen LogP contribution in [0.2, 0.25) is 0 Å². The van der Waals surface area contributed by atoms with Gasteiger partial charge in [0.05, 0.1) is 0 Å². The molecule has 0 aromatic heterocycles. The number of rotatable bonds is 0. The summed E-state index contributed by atoms with van der Waals surface area (Å²) in [4.78, 5) is 3.82. The summed E-state index contributed by atoms with van der Waals surface area (Å²) in [5.41, 5.74) is 2.79. The Kier molecular flexibility index (Phi) is 7.61. The van der Waals surface area contributed by atoms with Crippen LogP contribution in [0.25, 0.3) is 10.6 Å². The van der Waals surface area contributed by atoms with E-state index in [4.69, 9.17) is 0 Å². The third-order valence-corrected chi connectivity index (χ3v) is 2.20. The summed E-state index contributed by atoms with van der Waals surface area (Å²) in [7, 11) is 0. The lowest BCUT2D eigenvalue weighted by atomic mass is 10.3. The van der Waals surface area contributed by atoms with Gasteiger partial charge in [-0.05, 0) is 5.57 Å². The van der Waals surface area contributed by atoms with Gasteiger partial charge in [0.15, 0.2) is 0 Å². The van der Waals surface area contributed by atoms with Crippen molar-refractivity contribution >= 4 is 6.21 Å². The van der Waals surface area contributed by atoms with Crippen LogP contribution >= 0.6 is 0 Å². The molecule has 0 aromatic carbocycles. The smallest absolute Gasteiger partial charge is 0.0364 e. The van der Waals surface area contributed by atoms with E-state index in [1.54, 1.807) is 31.4 Å². The van der Waals surface area contributed by atoms with E-state index in [0.717, 1.165) is 16.8 Å². The molecule has 3 heterocycles. The Labute approximate surface area is 126 Å². The summed E-state index contributed by atoms with van der Waals surface area (Å²) in [5.74, 6) is 0. The minimum Gasteiger partial charge on any atom is -0.670 e. The highest BCUT2D eigenvalue weighted by atomic mass is 14.8. The average Bonchev–Trinajstić information content (AvgIpc) is 2.51. The molecule has 0 aromatic rings. The highest BCUT2D eigenvalue weighted by Gasteiger charge is 1.74. The highest BCUT2D eigenvalue weighted by molar-refractivity contribution is 5.82. The number of hydrogen-bond donors (Lipinski definition) is 0. The van der Waals surface area contributed by atoms with Crippen molar-refractivity contribution in [1.29, 1.82) is 0 Å². The van der Waals surface area contributed by atoms with Gasteiger partial charge in [0.25, 0.3) is 0 Å². The highest BCUT2D eigenvalue weighted by Crippen LogP contribution is 2.08. The van der Waals surface area contributed by atoms with Gasteiger partial charge in [-0.2, -0.15) is 30.8 Å². The summed E-state index contributed by atoms with van der Waals surface area (Å²) in [5, 5.41) is 7.67. The molecule has 0 N–H and O–H groups in total. The molecule has 108 valence electrons. The van der Waals surface area contributed by atoms with Gasteiger partial charge in [-0.15, -0.1) is 24.4 Å². The third kappa shape index (κ3) is 8.72. The van der Waals surface area contributed by atoms with E-state index in [0.29, 0.717) is 0 Å². The van der Waals surface area contributed by atoms with Crippen molar-refractivity contribution in [3.63, 3.8) is 0 Å². The van der Waals surface area contributed by atoms with Gasteiger partial charge in [0.2, 0.25) is 0 Å². The second-order valence-corrected chi connectivity index (χ2v) is 4.04. The molecule has 21 heavy (non-hydrogen) atoms. The molecule has 0 bridgehead atoms. The zero-order chi connectivity index (χ0) is 15.3. The standard InChI is InChI=1S/3C6H6N/c1-6-2-4-7-5-3-6;1-6-3-2-4-7-5-6;1-6-4-2-3-5-7-6/h3*2-5H,1H2/q3*-1. The first-order valence-electron chi connectivity index (χ1n) is 6.35. The van der Waals surface area contributed by atoms with Crippen molar-refractivity contribution in [2.75, 3.05) is 0 Å². The lowest BCUT2D eigenvalue weighted by Gasteiger charge is -2.17. The monoisotopic (exact) mass is 276 g/mol. The molecule has 3 nitrogen and oxygen atoms in total. The van der Waals surface area contributed by atoms with Crippen LogP contribution in [0.15, 0.2) is 103 Å². The number of hydrogen-bond acceptors (Lipinski definition) is 1. The molecular weight excluding hydrogens is 258 g/mol. The predicted octanol–water partition coefficient (Wildman–Crippen LogP) is 5.26. The van der Waals surface area contributed by atoms with Crippen LogP contribution in [0, 0.1) is 6.54 Å². The quantitative estimate of drug-likeness (QED) is 0.541. The first-order chi connectivity index (χ1) is 10.2. The van der Waals surface area contributed by atoms with E-state index < -0.39 is 0 Å². The van der Waals surface area contributed by atoms with Crippen LogP contribution in [-0.4, -0.2) is 6.21 Å². The molecule has 0 saturated carbocycles. The van der Waals surface area contributed by atoms with E-state index in [1.165, 1.54) is 0 Å². The summed E-state index contributed by atoms with van der Waals surface area (Å²) < 4.78 is 0. The molecule has 0 spiro atoms. The molecule has 3 heteroatoms. The van der Waals surface area contributed by atoms with Crippen molar-refractivity contribution in [3.8, 4) is 0 Å². The molecule has 3 aliphatic rings. The summed E-state index contributed by atoms with van der Waals surface area (Å²) in [6, 6.07) is 0. The largest absolute Gasteiger partial charge is 0.670 e. The molecular formula is C18H18N3-3. The first kappa shape index (κ1) is 16.1. The SMILES string of the molecule is C=C1C=CC=C[N-]1.C=C1C=C[CH-]N=C1.C=C1C=C[N-]C=C1. The number of aliphatic imine (C=N–C) groups is 1. The second-order valence-electron chi connectivity index (χ2n) is 4.04. The van der Waals surface area contributed by atoms with Crippen LogP contribution in [-0.2, 0) is 0 Å². The maximum Gasteiger partial charge on any atom is -0.0364 e. The van der Waals surface area contributed by atoms with Crippen LogP contribution in [0.1, 0.15) is 0 Å². The van der Waals surface area contributed by atoms with Gasteiger partial charge in [-0.3, -0.25) is 0 Å². The Morgan fingerprint density at radius 2 is 1.62 bits per heavy atom. The normalized spacial score (nSPS) is 16.9. The van der Waals surface area contributed by atoms with E-state index in [9.17, 15) is 0 Å². The zero-order valence-electron chi connectivity index (χ0n) is 11.9. The second kappa shape index (κ2) is 9.92. The van der Waals surface area contributed by atoms with Gasteiger partial charge in [-0.25, -0.2) is 0 Å². The maximum absolute atomic E-state index is 3.87. The molecule has 0 saturated heterocycles. The Hall–Kier alpha value is -2.94. The zero-order valence-corrected chi connectivity index (χ0v) is 11.9. The minimum atomic E-state index is 0.822. The van der Waals surface area contributed by atoms with Crippen molar-refractivity contribution < 1.29 is 0 Å². The predicted molar refractivity (Wildman–Crippen MR) is 92.6 cm³/mol. The maximum atomic E-state index is 3.87. The Bertz CT molecular complexity index is 493. The van der Waals surface area contributed by atoms with Crippen LogP contribution in [0.3, 0.4) is 0 Å². The van der Waals surface area contributed by atoms with Crippen LogP contribution < -0.4 is 0 Å². The molecule has 3 aliphatic heterocycles. The van der Waals surface area contributed by atoms with Crippen molar-refractivity contribution in [1.82, 2.24) is 0 Å². The number of nitrogens with zero attached hydrogens (tertiary/aromatic N) is 3. The molecule has 3 rings (SSSR count). The van der Waals surface area contributed by atoms with Crippen molar-refractivity contribution in [2.45, 2.75) is 0 Å². The lowest BCUT2D eigenvalue weighted by Crippen LogP contribution is -1.81. The fourth-order valence-corrected chi connectivity index (χ4v) is 1.18. The summed E-state index contributed by atoms with van der Waals surface area (Å²) >= 11 is 0. The van der Waals surface area contributed by atoms with Gasteiger partial charge in [0.1, 0.15) is 0 Å². The molecule has 0 atom stereocenters. The van der Waals surface area contributed by atoms with Gasteiger partial charge in [0, 0.05) is 0 Å². The Balaban J connectivity index is 0.000000157. The van der Waals surface area contributed by atoms with E-state index in [2.05, 4.69) is 35.4 Å². The Morgan fingerprint density at radius 1 is 0.857 bits per heavy atom. The summed E-state index contributed by atoms with van der Waals surface area (Å²) in [6.07, 6.45) is 20.0. The topological polar surface area (TPSA) is 40.6 Å². The molecule has 0 aliphatic carbocycles. The van der Waals surface area contributed by atoms with E-state index >= 15 is 0 Å². The van der Waals surface area contributed by atoms with Gasteiger partial charge in [-0.1, -0.05) is 49.7 Å². The minimum absolute atomic E-state index is 0.822. The van der Waals surface area contributed by atoms with Crippen LogP contribution in [0.4, 0.5) is 0 Å². The number of dihydropyridines is 1. The van der Waals surface area contributed by atoms with Crippen molar-refractivity contribution in [2.24, 2.45) is 4.99 Å². The molecule has 0 radical (unpaired) electrons. The average molecular weight is 276 g/mol. The molecule has 0 amide bonds. The first-order valence-corrected chi connectivity index (χ1v) is 6.35. The van der Waals surface area contributed by atoms with E-state index in [-0.39, 0.29) is 0 Å². The fraction of sp³-hybridized carbons (Fsp3) is 0. The van der Waals surface area contributed by atoms with Gasteiger partial charge >= 0.3 is 0 Å². The lowest BCUT2D eigenvalue weighted by molar-refractivity contribution is 1.41. The van der Waals surface area contributed by atoms with Gasteiger partial charge < -0.3 is 15.6 Å². The van der Waals surface area contributed by atoms with Crippen LogP contribution in [0.5, 0.6) is 0 Å². The Morgan fingerprint density at radius 3 is 1.90 bits per heavy atom. The fourth-order valence-electron chi connectivity index (χ4n) is 1.18.